The number of hydrogen-bond donors (Lipinski definition) is 0. The average Bonchev–Trinajstić information content (AvgIpc) is 3.36. The lowest BCUT2D eigenvalue weighted by Crippen LogP contribution is -2.55. The molecule has 1 aromatic heterocycles. The summed E-state index contributed by atoms with van der Waals surface area (Å²) >= 11 is 5.73. The van der Waals surface area contributed by atoms with Gasteiger partial charge in [-0.2, -0.15) is 4.31 Å². The topological polar surface area (TPSA) is 94.4 Å². The van der Waals surface area contributed by atoms with E-state index in [9.17, 15) is 22.4 Å². The molecule has 1 aromatic carbocycles. The van der Waals surface area contributed by atoms with Gasteiger partial charge in [0.1, 0.15) is 5.82 Å². The minimum absolute atomic E-state index is 0.0540. The lowest BCUT2D eigenvalue weighted by Gasteiger charge is -2.37. The van der Waals surface area contributed by atoms with Crippen molar-refractivity contribution in [2.75, 3.05) is 58.9 Å². The number of furan rings is 1. The second kappa shape index (κ2) is 9.80. The number of carbonyl (C=O) groups is 2. The minimum Gasteiger partial charge on any atom is -0.459 e. The van der Waals surface area contributed by atoms with Crippen LogP contribution in [0.3, 0.4) is 0 Å². The number of benzene rings is 1. The fourth-order valence-electron chi connectivity index (χ4n) is 3.92. The fourth-order valence-corrected chi connectivity index (χ4v) is 5.61. The van der Waals surface area contributed by atoms with E-state index in [4.69, 9.17) is 16.0 Å². The number of sulfonamides is 1. The van der Waals surface area contributed by atoms with Gasteiger partial charge in [-0.15, -0.1) is 0 Å². The molecule has 0 aliphatic carbocycles. The molecule has 2 aliphatic heterocycles. The van der Waals surface area contributed by atoms with Gasteiger partial charge in [0.15, 0.2) is 5.76 Å². The van der Waals surface area contributed by atoms with E-state index < -0.39 is 15.8 Å². The highest BCUT2D eigenvalue weighted by molar-refractivity contribution is 7.89. The van der Waals surface area contributed by atoms with Crippen LogP contribution in [0.25, 0.3) is 0 Å². The zero-order valence-electron chi connectivity index (χ0n) is 17.8. The zero-order valence-corrected chi connectivity index (χ0v) is 19.4. The third-order valence-corrected chi connectivity index (χ3v) is 8.05. The predicted molar refractivity (Wildman–Crippen MR) is 118 cm³/mol. The molecule has 12 heteroatoms. The van der Waals surface area contributed by atoms with E-state index in [2.05, 4.69) is 0 Å². The van der Waals surface area contributed by atoms with Gasteiger partial charge < -0.3 is 14.2 Å². The Bertz CT molecular complexity index is 1110. The summed E-state index contributed by atoms with van der Waals surface area (Å²) in [5, 5.41) is -0.244. The Morgan fingerprint density at radius 3 is 2.24 bits per heavy atom. The number of carbonyl (C=O) groups excluding carboxylic acids is 2. The molecular weight excluding hydrogens is 475 g/mol. The second-order valence-corrected chi connectivity index (χ2v) is 10.3. The summed E-state index contributed by atoms with van der Waals surface area (Å²) in [5.74, 6) is -0.635. The first kappa shape index (κ1) is 23.7. The molecule has 0 bridgehead atoms. The van der Waals surface area contributed by atoms with Crippen molar-refractivity contribution in [1.29, 1.82) is 0 Å². The van der Waals surface area contributed by atoms with E-state index >= 15 is 0 Å². The van der Waals surface area contributed by atoms with Crippen LogP contribution in [0.1, 0.15) is 10.6 Å². The van der Waals surface area contributed by atoms with Crippen molar-refractivity contribution in [2.45, 2.75) is 4.90 Å². The Hall–Kier alpha value is -2.47. The monoisotopic (exact) mass is 498 g/mol. The molecule has 2 fully saturated rings. The molecular formula is C21H24ClFN4O5S. The van der Waals surface area contributed by atoms with Crippen LogP contribution >= 0.6 is 11.6 Å². The van der Waals surface area contributed by atoms with Crippen molar-refractivity contribution in [1.82, 2.24) is 19.0 Å². The Morgan fingerprint density at radius 2 is 1.64 bits per heavy atom. The van der Waals surface area contributed by atoms with Gasteiger partial charge in [-0.05, 0) is 30.3 Å². The molecule has 2 amide bonds. The van der Waals surface area contributed by atoms with E-state index in [1.54, 1.807) is 21.9 Å². The van der Waals surface area contributed by atoms with Crippen molar-refractivity contribution in [2.24, 2.45) is 0 Å². The van der Waals surface area contributed by atoms with Gasteiger partial charge in [-0.3, -0.25) is 14.5 Å². The van der Waals surface area contributed by atoms with E-state index in [0.717, 1.165) is 12.1 Å². The normalized spacial score (nSPS) is 18.5. The standard InChI is InChI=1S/C21H24ClFN4O5S/c22-17-14-16(3-4-18(17)23)33(30,31)27-11-5-24(6-12-27)15-20(28)25-7-9-26(10-8-25)21(29)19-2-1-13-32-19/h1-4,13-14H,5-12,15H2. The smallest absolute Gasteiger partial charge is 0.289 e. The maximum Gasteiger partial charge on any atom is 0.289 e. The third kappa shape index (κ3) is 5.21. The van der Waals surface area contributed by atoms with Crippen LogP contribution in [0.15, 0.2) is 45.9 Å². The van der Waals surface area contributed by atoms with E-state index in [-0.39, 0.29) is 47.1 Å². The lowest BCUT2D eigenvalue weighted by atomic mass is 10.2. The fraction of sp³-hybridized carbons (Fsp3) is 0.429. The Morgan fingerprint density at radius 1 is 0.970 bits per heavy atom. The molecule has 178 valence electrons. The van der Waals surface area contributed by atoms with Gasteiger partial charge in [-0.1, -0.05) is 11.6 Å². The van der Waals surface area contributed by atoms with E-state index in [1.165, 1.54) is 16.6 Å². The minimum atomic E-state index is -3.79. The first-order valence-corrected chi connectivity index (χ1v) is 12.4. The van der Waals surface area contributed by atoms with Gasteiger partial charge in [0.05, 0.1) is 22.7 Å². The summed E-state index contributed by atoms with van der Waals surface area (Å²) in [6, 6.07) is 6.62. The first-order chi connectivity index (χ1) is 15.8. The molecule has 0 saturated carbocycles. The molecule has 0 unspecified atom stereocenters. The van der Waals surface area contributed by atoms with Crippen LogP contribution in [-0.4, -0.2) is 98.1 Å². The van der Waals surface area contributed by atoms with Gasteiger partial charge in [0.2, 0.25) is 15.9 Å². The van der Waals surface area contributed by atoms with Crippen LogP contribution in [-0.2, 0) is 14.8 Å². The molecule has 33 heavy (non-hydrogen) atoms. The maximum atomic E-state index is 13.4. The number of rotatable bonds is 5. The SMILES string of the molecule is O=C(CN1CCN(S(=O)(=O)c2ccc(F)c(Cl)c2)CC1)N1CCN(C(=O)c2ccco2)CC1. The summed E-state index contributed by atoms with van der Waals surface area (Å²) in [7, 11) is -3.79. The molecule has 0 spiro atoms. The highest BCUT2D eigenvalue weighted by Gasteiger charge is 2.31. The van der Waals surface area contributed by atoms with Crippen molar-refractivity contribution in [3.63, 3.8) is 0 Å². The molecule has 2 aliphatic rings. The van der Waals surface area contributed by atoms with Crippen molar-refractivity contribution in [3.05, 3.63) is 53.2 Å². The molecule has 2 aromatic rings. The first-order valence-electron chi connectivity index (χ1n) is 10.5. The second-order valence-electron chi connectivity index (χ2n) is 7.91. The molecule has 0 atom stereocenters. The molecule has 2 saturated heterocycles. The van der Waals surface area contributed by atoms with Crippen LogP contribution in [0.5, 0.6) is 0 Å². The Balaban J connectivity index is 1.26. The largest absolute Gasteiger partial charge is 0.459 e. The molecule has 0 radical (unpaired) electrons. The van der Waals surface area contributed by atoms with Crippen LogP contribution in [0, 0.1) is 5.82 Å². The van der Waals surface area contributed by atoms with Crippen molar-refractivity contribution < 1.29 is 26.8 Å². The molecule has 4 rings (SSSR count). The van der Waals surface area contributed by atoms with Crippen LogP contribution < -0.4 is 0 Å². The van der Waals surface area contributed by atoms with Crippen LogP contribution in [0.2, 0.25) is 5.02 Å². The van der Waals surface area contributed by atoms with E-state index in [1.807, 2.05) is 4.90 Å². The zero-order chi connectivity index (χ0) is 23.6. The highest BCUT2D eigenvalue weighted by Crippen LogP contribution is 2.23. The molecule has 3 heterocycles. The molecule has 0 N–H and O–H groups in total. The average molecular weight is 499 g/mol. The number of nitrogens with zero attached hydrogens (tertiary/aromatic N) is 4. The summed E-state index contributed by atoms with van der Waals surface area (Å²) in [6.45, 7) is 3.15. The Kier molecular flexibility index (Phi) is 7.03. The maximum absolute atomic E-state index is 13.4. The van der Waals surface area contributed by atoms with Gasteiger partial charge in [0, 0.05) is 52.4 Å². The van der Waals surface area contributed by atoms with Crippen LogP contribution in [0.4, 0.5) is 4.39 Å². The summed E-state index contributed by atoms with van der Waals surface area (Å²) < 4.78 is 45.5. The molecule has 9 nitrogen and oxygen atoms in total. The number of halogens is 2. The van der Waals surface area contributed by atoms with Gasteiger partial charge >= 0.3 is 0 Å². The summed E-state index contributed by atoms with van der Waals surface area (Å²) in [5.41, 5.74) is 0. The van der Waals surface area contributed by atoms with Gasteiger partial charge in [-0.25, -0.2) is 12.8 Å². The summed E-state index contributed by atoms with van der Waals surface area (Å²) in [6.07, 6.45) is 1.45. The lowest BCUT2D eigenvalue weighted by molar-refractivity contribution is -0.134. The predicted octanol–water partition coefficient (Wildman–Crippen LogP) is 1.36. The Labute approximate surface area is 196 Å². The number of amides is 2. The van der Waals surface area contributed by atoms with E-state index in [0.29, 0.717) is 39.3 Å². The number of hydrogen-bond acceptors (Lipinski definition) is 6. The van der Waals surface area contributed by atoms with Crippen molar-refractivity contribution in [3.8, 4) is 0 Å². The third-order valence-electron chi connectivity index (χ3n) is 5.87. The quantitative estimate of drug-likeness (QED) is 0.618. The van der Waals surface area contributed by atoms with Gasteiger partial charge in [0.25, 0.3) is 5.91 Å². The highest BCUT2D eigenvalue weighted by atomic mass is 35.5. The number of piperazine rings is 2. The van der Waals surface area contributed by atoms with Crippen molar-refractivity contribution >= 4 is 33.4 Å². The summed E-state index contributed by atoms with van der Waals surface area (Å²) in [4.78, 5) is 30.3.